The zero-order valence-electron chi connectivity index (χ0n) is 10.9. The molecule has 1 saturated heterocycles. The van der Waals surface area contributed by atoms with Crippen molar-refractivity contribution >= 4 is 17.6 Å². The van der Waals surface area contributed by atoms with Gasteiger partial charge in [-0.05, 0) is 24.2 Å². The quantitative estimate of drug-likeness (QED) is 0.840. The second kappa shape index (κ2) is 6.89. The number of nitrogens with one attached hydrogen (secondary N) is 1. The third-order valence-electron chi connectivity index (χ3n) is 3.14. The maximum Gasteiger partial charge on any atom is 0.313 e. The van der Waals surface area contributed by atoms with Crippen molar-refractivity contribution in [1.82, 2.24) is 5.32 Å². The lowest BCUT2D eigenvalue weighted by molar-refractivity contribution is -0.150. The maximum atomic E-state index is 12.0. The molecular weight excluding hydrogens is 266 g/mol. The summed E-state index contributed by atoms with van der Waals surface area (Å²) in [5, 5.41) is 3.91. The third-order valence-corrected chi connectivity index (χ3v) is 3.40. The van der Waals surface area contributed by atoms with Gasteiger partial charge in [-0.2, -0.15) is 0 Å². The molecule has 0 bridgehead atoms. The highest BCUT2D eigenvalue weighted by molar-refractivity contribution is 6.30. The molecule has 1 heterocycles. The summed E-state index contributed by atoms with van der Waals surface area (Å²) in [7, 11) is 0. The average molecular weight is 284 g/mol. The van der Waals surface area contributed by atoms with E-state index >= 15 is 0 Å². The Labute approximate surface area is 118 Å². The topological polar surface area (TPSA) is 47.6 Å². The van der Waals surface area contributed by atoms with Crippen molar-refractivity contribution in [2.24, 2.45) is 5.92 Å². The van der Waals surface area contributed by atoms with Gasteiger partial charge >= 0.3 is 5.97 Å². The predicted octanol–water partition coefficient (Wildman–Crippen LogP) is 2.01. The fourth-order valence-electron chi connectivity index (χ4n) is 2.09. The van der Waals surface area contributed by atoms with E-state index in [4.69, 9.17) is 21.1 Å². The molecule has 1 N–H and O–H groups in total. The van der Waals surface area contributed by atoms with Crippen molar-refractivity contribution < 1.29 is 14.3 Å². The molecule has 19 heavy (non-hydrogen) atoms. The van der Waals surface area contributed by atoms with Crippen LogP contribution in [0.2, 0.25) is 5.02 Å². The van der Waals surface area contributed by atoms with Gasteiger partial charge in [0.2, 0.25) is 0 Å². The largest absolute Gasteiger partial charge is 0.460 e. The molecule has 0 spiro atoms. The minimum Gasteiger partial charge on any atom is -0.460 e. The fourth-order valence-corrected chi connectivity index (χ4v) is 2.22. The van der Waals surface area contributed by atoms with Crippen LogP contribution in [0.1, 0.15) is 12.5 Å². The van der Waals surface area contributed by atoms with Gasteiger partial charge in [0.1, 0.15) is 6.61 Å². The molecule has 1 aromatic carbocycles. The number of rotatable bonds is 5. The molecular formula is C14H18ClNO3. The molecule has 1 aliphatic heterocycles. The van der Waals surface area contributed by atoms with E-state index in [9.17, 15) is 4.79 Å². The number of esters is 1. The Morgan fingerprint density at radius 3 is 2.84 bits per heavy atom. The van der Waals surface area contributed by atoms with E-state index < -0.39 is 0 Å². The van der Waals surface area contributed by atoms with Gasteiger partial charge in [-0.15, -0.1) is 0 Å². The normalized spacial score (nSPS) is 22.4. The number of carbonyl (C=O) groups excluding carboxylic acids is 1. The van der Waals surface area contributed by atoms with Crippen LogP contribution >= 0.6 is 11.6 Å². The number of hydrogen-bond acceptors (Lipinski definition) is 4. The van der Waals surface area contributed by atoms with Crippen LogP contribution in [0.3, 0.4) is 0 Å². The number of carbonyl (C=O) groups is 1. The van der Waals surface area contributed by atoms with Crippen LogP contribution < -0.4 is 5.32 Å². The van der Waals surface area contributed by atoms with E-state index in [0.29, 0.717) is 18.2 Å². The van der Waals surface area contributed by atoms with Crippen LogP contribution in [-0.2, 0) is 20.9 Å². The SMILES string of the molecule is CCNC1COCC1C(=O)OCc1ccc(Cl)cc1. The molecule has 1 fully saturated rings. The summed E-state index contributed by atoms with van der Waals surface area (Å²) in [4.78, 5) is 12.0. The van der Waals surface area contributed by atoms with Crippen LogP contribution in [0.15, 0.2) is 24.3 Å². The number of ether oxygens (including phenoxy) is 2. The highest BCUT2D eigenvalue weighted by atomic mass is 35.5. The first-order valence-electron chi connectivity index (χ1n) is 6.43. The van der Waals surface area contributed by atoms with Gasteiger partial charge < -0.3 is 14.8 Å². The Bertz CT molecular complexity index is 421. The summed E-state index contributed by atoms with van der Waals surface area (Å²) in [6, 6.07) is 7.32. The van der Waals surface area contributed by atoms with Crippen molar-refractivity contribution in [3.8, 4) is 0 Å². The molecule has 1 aromatic rings. The minimum atomic E-state index is -0.216. The molecule has 2 unspecified atom stereocenters. The molecule has 2 atom stereocenters. The van der Waals surface area contributed by atoms with Gasteiger partial charge in [-0.3, -0.25) is 4.79 Å². The molecule has 0 radical (unpaired) electrons. The van der Waals surface area contributed by atoms with E-state index in [2.05, 4.69) is 5.32 Å². The van der Waals surface area contributed by atoms with E-state index in [0.717, 1.165) is 12.1 Å². The Morgan fingerprint density at radius 1 is 1.42 bits per heavy atom. The Morgan fingerprint density at radius 2 is 2.16 bits per heavy atom. The van der Waals surface area contributed by atoms with E-state index in [1.165, 1.54) is 0 Å². The summed E-state index contributed by atoms with van der Waals surface area (Å²) in [6.45, 7) is 4.08. The van der Waals surface area contributed by atoms with Crippen LogP contribution in [0, 0.1) is 5.92 Å². The molecule has 1 aliphatic rings. The second-order valence-electron chi connectivity index (χ2n) is 4.54. The summed E-state index contributed by atoms with van der Waals surface area (Å²) in [5.41, 5.74) is 0.927. The molecule has 5 heteroatoms. The van der Waals surface area contributed by atoms with Crippen LogP contribution in [0.4, 0.5) is 0 Å². The number of hydrogen-bond donors (Lipinski definition) is 1. The molecule has 4 nitrogen and oxygen atoms in total. The molecule has 2 rings (SSSR count). The van der Waals surface area contributed by atoms with Gasteiger partial charge in [0, 0.05) is 11.1 Å². The van der Waals surface area contributed by atoms with Gasteiger partial charge in [-0.1, -0.05) is 30.7 Å². The highest BCUT2D eigenvalue weighted by Gasteiger charge is 2.34. The second-order valence-corrected chi connectivity index (χ2v) is 4.98. The Hall–Kier alpha value is -1.10. The highest BCUT2D eigenvalue weighted by Crippen LogP contribution is 2.17. The van der Waals surface area contributed by atoms with Crippen molar-refractivity contribution in [2.75, 3.05) is 19.8 Å². The van der Waals surface area contributed by atoms with Crippen LogP contribution in [0.5, 0.6) is 0 Å². The summed E-state index contributed by atoms with van der Waals surface area (Å²) < 4.78 is 10.7. The molecule has 0 saturated carbocycles. The molecule has 0 aromatic heterocycles. The third kappa shape index (κ3) is 3.93. The van der Waals surface area contributed by atoms with Crippen molar-refractivity contribution in [3.05, 3.63) is 34.9 Å². The smallest absolute Gasteiger partial charge is 0.313 e. The first-order chi connectivity index (χ1) is 9.20. The summed E-state index contributed by atoms with van der Waals surface area (Å²) >= 11 is 5.80. The molecule has 0 aliphatic carbocycles. The number of likely N-dealkylation sites (N-methyl/N-ethyl adjacent to an activating group) is 1. The minimum absolute atomic E-state index is 0.0581. The monoisotopic (exact) mass is 283 g/mol. The Balaban J connectivity index is 1.85. The molecule has 104 valence electrons. The predicted molar refractivity (Wildman–Crippen MR) is 73.0 cm³/mol. The van der Waals surface area contributed by atoms with E-state index in [1.54, 1.807) is 12.1 Å². The summed E-state index contributed by atoms with van der Waals surface area (Å²) in [6.07, 6.45) is 0. The van der Waals surface area contributed by atoms with E-state index in [-0.39, 0.29) is 24.5 Å². The van der Waals surface area contributed by atoms with Crippen molar-refractivity contribution in [2.45, 2.75) is 19.6 Å². The molecule has 0 amide bonds. The first kappa shape index (κ1) is 14.3. The first-order valence-corrected chi connectivity index (χ1v) is 6.80. The Kier molecular flexibility index (Phi) is 5.19. The maximum absolute atomic E-state index is 12.0. The van der Waals surface area contributed by atoms with Gasteiger partial charge in [0.15, 0.2) is 0 Å². The van der Waals surface area contributed by atoms with Crippen LogP contribution in [-0.4, -0.2) is 31.8 Å². The summed E-state index contributed by atoms with van der Waals surface area (Å²) in [5.74, 6) is -0.425. The number of halogens is 1. The van der Waals surface area contributed by atoms with Crippen molar-refractivity contribution in [1.29, 1.82) is 0 Å². The zero-order chi connectivity index (χ0) is 13.7. The van der Waals surface area contributed by atoms with Crippen LogP contribution in [0.25, 0.3) is 0 Å². The van der Waals surface area contributed by atoms with Crippen molar-refractivity contribution in [3.63, 3.8) is 0 Å². The average Bonchev–Trinajstić information content (AvgIpc) is 2.86. The lowest BCUT2D eigenvalue weighted by Crippen LogP contribution is -2.39. The lowest BCUT2D eigenvalue weighted by Gasteiger charge is -2.17. The van der Waals surface area contributed by atoms with Gasteiger partial charge in [-0.25, -0.2) is 0 Å². The number of benzene rings is 1. The lowest BCUT2D eigenvalue weighted by atomic mass is 10.0. The van der Waals surface area contributed by atoms with Gasteiger partial charge in [0.05, 0.1) is 19.1 Å². The van der Waals surface area contributed by atoms with E-state index in [1.807, 2.05) is 19.1 Å². The van der Waals surface area contributed by atoms with Gasteiger partial charge in [0.25, 0.3) is 0 Å². The zero-order valence-corrected chi connectivity index (χ0v) is 11.7. The fraction of sp³-hybridized carbons (Fsp3) is 0.500. The standard InChI is InChI=1S/C14H18ClNO3/c1-2-16-13-9-18-8-12(13)14(17)19-7-10-3-5-11(15)6-4-10/h3-6,12-13,16H,2,7-9H2,1H3.